The van der Waals surface area contributed by atoms with E-state index in [9.17, 15) is 9.59 Å². The van der Waals surface area contributed by atoms with Gasteiger partial charge in [0.1, 0.15) is 0 Å². The summed E-state index contributed by atoms with van der Waals surface area (Å²) in [5.74, 6) is -0.580. The first-order valence-corrected chi connectivity index (χ1v) is 12.4. The van der Waals surface area contributed by atoms with Crippen molar-refractivity contribution in [2.45, 2.75) is 39.2 Å². The Kier molecular flexibility index (Phi) is 10.3. The third-order valence-electron chi connectivity index (χ3n) is 5.89. The van der Waals surface area contributed by atoms with Crippen molar-refractivity contribution in [3.05, 3.63) is 89.4 Å². The summed E-state index contributed by atoms with van der Waals surface area (Å²) in [5.41, 5.74) is 4.19. The number of benzene rings is 3. The maximum absolute atomic E-state index is 12.5. The van der Waals surface area contributed by atoms with Crippen LogP contribution in [0.3, 0.4) is 0 Å². The predicted octanol–water partition coefficient (Wildman–Crippen LogP) is 6.13. The van der Waals surface area contributed by atoms with E-state index in [-0.39, 0.29) is 17.8 Å². The van der Waals surface area contributed by atoms with Gasteiger partial charge in [0.25, 0.3) is 0 Å². The zero-order chi connectivity index (χ0) is 25.0. The first-order chi connectivity index (χ1) is 17.0. The molecular weight excluding hydrogens is 460 g/mol. The number of halogens is 1. The molecule has 3 aromatic rings. The van der Waals surface area contributed by atoms with Crippen LogP contribution in [-0.2, 0) is 20.7 Å². The van der Waals surface area contributed by atoms with Crippen LogP contribution in [0.2, 0.25) is 5.02 Å². The molecule has 3 rings (SSSR count). The van der Waals surface area contributed by atoms with Crippen molar-refractivity contribution in [1.82, 2.24) is 5.32 Å². The second-order valence-electron chi connectivity index (χ2n) is 8.51. The Hall–Kier alpha value is -3.15. The van der Waals surface area contributed by atoms with Crippen molar-refractivity contribution >= 4 is 29.2 Å². The van der Waals surface area contributed by atoms with E-state index < -0.39 is 6.04 Å². The molecule has 35 heavy (non-hydrogen) atoms. The summed E-state index contributed by atoms with van der Waals surface area (Å²) in [5, 5.41) is 6.63. The average Bonchev–Trinajstić information content (AvgIpc) is 2.87. The molecule has 0 aliphatic carbocycles. The van der Waals surface area contributed by atoms with Crippen LogP contribution in [0.15, 0.2) is 78.9 Å². The summed E-state index contributed by atoms with van der Waals surface area (Å²) in [4.78, 5) is 25.0. The Labute approximate surface area is 212 Å². The molecule has 0 fully saturated rings. The molecule has 2 unspecified atom stereocenters. The number of hydrogen-bond donors (Lipinski definition) is 2. The van der Waals surface area contributed by atoms with Crippen molar-refractivity contribution in [2.75, 3.05) is 18.5 Å². The van der Waals surface area contributed by atoms with Gasteiger partial charge in [0.15, 0.2) is 0 Å². The molecule has 0 aliphatic rings. The van der Waals surface area contributed by atoms with Crippen LogP contribution in [0.4, 0.5) is 5.69 Å². The van der Waals surface area contributed by atoms with Crippen LogP contribution in [-0.4, -0.2) is 31.1 Å². The highest BCUT2D eigenvalue weighted by molar-refractivity contribution is 6.30. The zero-order valence-electron chi connectivity index (χ0n) is 20.3. The molecule has 6 heteroatoms. The van der Waals surface area contributed by atoms with Crippen LogP contribution in [0.5, 0.6) is 0 Å². The van der Waals surface area contributed by atoms with Gasteiger partial charge in [0.2, 0.25) is 5.91 Å². The van der Waals surface area contributed by atoms with Gasteiger partial charge in [-0.15, -0.1) is 0 Å². The summed E-state index contributed by atoms with van der Waals surface area (Å²) < 4.78 is 5.31. The van der Waals surface area contributed by atoms with E-state index in [2.05, 4.69) is 47.0 Å². The van der Waals surface area contributed by atoms with E-state index in [1.54, 1.807) is 31.2 Å². The molecular formula is C29H33ClN2O3. The number of rotatable bonds is 12. The molecule has 0 bridgehead atoms. The van der Waals surface area contributed by atoms with Gasteiger partial charge in [-0.2, -0.15) is 0 Å². The first kappa shape index (κ1) is 26.5. The fourth-order valence-electron chi connectivity index (χ4n) is 3.86. The summed E-state index contributed by atoms with van der Waals surface area (Å²) >= 11 is 5.98. The molecule has 0 spiro atoms. The van der Waals surface area contributed by atoms with Gasteiger partial charge in [0, 0.05) is 10.7 Å². The van der Waals surface area contributed by atoms with Crippen molar-refractivity contribution in [3.63, 3.8) is 0 Å². The highest BCUT2D eigenvalue weighted by atomic mass is 35.5. The minimum absolute atomic E-state index is 0.154. The first-order valence-electron chi connectivity index (χ1n) is 12.1. The normalized spacial score (nSPS) is 12.5. The molecule has 0 saturated carbocycles. The van der Waals surface area contributed by atoms with Crippen LogP contribution < -0.4 is 10.6 Å². The number of anilines is 1. The lowest BCUT2D eigenvalue weighted by Crippen LogP contribution is -2.39. The van der Waals surface area contributed by atoms with Gasteiger partial charge >= 0.3 is 5.97 Å². The number of ether oxygens (including phenoxy) is 1. The number of carbonyl (C=O) groups excluding carboxylic acids is 2. The quantitative estimate of drug-likeness (QED) is 0.299. The second-order valence-corrected chi connectivity index (χ2v) is 8.95. The Morgan fingerprint density at radius 2 is 1.63 bits per heavy atom. The number of esters is 1. The summed E-state index contributed by atoms with van der Waals surface area (Å²) in [7, 11) is 0. The Morgan fingerprint density at radius 3 is 2.31 bits per heavy atom. The molecule has 0 heterocycles. The van der Waals surface area contributed by atoms with Crippen molar-refractivity contribution in [1.29, 1.82) is 0 Å². The second kappa shape index (κ2) is 13.7. The van der Waals surface area contributed by atoms with E-state index in [1.807, 2.05) is 25.1 Å². The minimum atomic E-state index is -0.414. The Morgan fingerprint density at radius 1 is 0.914 bits per heavy atom. The summed E-state index contributed by atoms with van der Waals surface area (Å²) in [6.45, 7) is 4.50. The third kappa shape index (κ3) is 8.53. The number of amides is 1. The Balaban J connectivity index is 1.50. The smallest absolute Gasteiger partial charge is 0.308 e. The molecule has 0 aliphatic heterocycles. The van der Waals surface area contributed by atoms with Gasteiger partial charge in [-0.05, 0) is 74.5 Å². The molecule has 1 amide bonds. The summed E-state index contributed by atoms with van der Waals surface area (Å²) in [6, 6.07) is 25.3. The third-order valence-corrected chi connectivity index (χ3v) is 6.13. The molecule has 0 saturated heterocycles. The highest BCUT2D eigenvalue weighted by Crippen LogP contribution is 2.21. The molecule has 184 valence electrons. The molecule has 2 N–H and O–H groups in total. The highest BCUT2D eigenvalue weighted by Gasteiger charge is 2.21. The van der Waals surface area contributed by atoms with Crippen molar-refractivity contribution in [2.24, 2.45) is 5.92 Å². The van der Waals surface area contributed by atoms with Gasteiger partial charge < -0.3 is 15.4 Å². The number of hydrogen-bond acceptors (Lipinski definition) is 4. The Bertz CT molecular complexity index is 1090. The van der Waals surface area contributed by atoms with Gasteiger partial charge in [0.05, 0.1) is 18.6 Å². The number of aryl methyl sites for hydroxylation is 1. The minimum Gasteiger partial charge on any atom is -0.466 e. The fourth-order valence-corrected chi connectivity index (χ4v) is 4.05. The van der Waals surface area contributed by atoms with Crippen molar-refractivity contribution < 1.29 is 14.3 Å². The molecule has 5 nitrogen and oxygen atoms in total. The van der Waals surface area contributed by atoms with Gasteiger partial charge in [-0.3, -0.25) is 9.59 Å². The van der Waals surface area contributed by atoms with E-state index in [0.29, 0.717) is 36.7 Å². The number of carbonyl (C=O) groups is 2. The lowest BCUT2D eigenvalue weighted by molar-refractivity contribution is -0.148. The van der Waals surface area contributed by atoms with Gasteiger partial charge in [-0.1, -0.05) is 72.3 Å². The largest absolute Gasteiger partial charge is 0.466 e. The van der Waals surface area contributed by atoms with E-state index in [0.717, 1.165) is 6.42 Å². The van der Waals surface area contributed by atoms with Crippen LogP contribution in [0.1, 0.15) is 32.3 Å². The molecule has 0 radical (unpaired) electrons. The molecule has 3 aromatic carbocycles. The maximum Gasteiger partial charge on any atom is 0.308 e. The fraction of sp³-hybridized carbons (Fsp3) is 0.310. The van der Waals surface area contributed by atoms with E-state index in [4.69, 9.17) is 16.3 Å². The number of nitrogens with one attached hydrogen (secondary N) is 2. The van der Waals surface area contributed by atoms with Crippen LogP contribution in [0.25, 0.3) is 11.1 Å². The zero-order valence-corrected chi connectivity index (χ0v) is 21.1. The van der Waals surface area contributed by atoms with E-state index in [1.165, 1.54) is 16.7 Å². The monoisotopic (exact) mass is 492 g/mol. The molecule has 2 atom stereocenters. The summed E-state index contributed by atoms with van der Waals surface area (Å²) in [6.07, 6.45) is 2.06. The lowest BCUT2D eigenvalue weighted by atomic mass is 9.95. The van der Waals surface area contributed by atoms with Gasteiger partial charge in [-0.25, -0.2) is 0 Å². The predicted molar refractivity (Wildman–Crippen MR) is 142 cm³/mol. The lowest BCUT2D eigenvalue weighted by Gasteiger charge is -2.18. The van der Waals surface area contributed by atoms with Crippen LogP contribution >= 0.6 is 11.6 Å². The SMILES string of the molecule is CCOC(=O)C(CCNC(C)C(=O)Nc1cccc(Cl)c1)CCc1ccc(-c2ccccc2)cc1. The standard InChI is InChI=1S/C29H33ClN2O3/c1-3-35-29(34)25(17-14-22-12-15-24(16-13-22)23-8-5-4-6-9-23)18-19-31-21(2)28(33)32-27-11-7-10-26(30)20-27/h4-13,15-16,20-21,25,31H,3,14,17-19H2,1-2H3,(H,32,33). The van der Waals surface area contributed by atoms with Crippen LogP contribution in [0, 0.1) is 5.92 Å². The maximum atomic E-state index is 12.5. The topological polar surface area (TPSA) is 67.4 Å². The van der Waals surface area contributed by atoms with E-state index >= 15 is 0 Å². The molecule has 0 aromatic heterocycles. The average molecular weight is 493 g/mol. The van der Waals surface area contributed by atoms with Crippen molar-refractivity contribution in [3.8, 4) is 11.1 Å².